The van der Waals surface area contributed by atoms with E-state index in [0.717, 1.165) is 23.6 Å². The summed E-state index contributed by atoms with van der Waals surface area (Å²) in [7, 11) is 0. The monoisotopic (exact) mass is 235 g/mol. The average Bonchev–Trinajstić information content (AvgIpc) is 2.87. The minimum Gasteiger partial charge on any atom is -0.444 e. The van der Waals surface area contributed by atoms with Crippen LogP contribution in [0, 0.1) is 13.8 Å². The van der Waals surface area contributed by atoms with Crippen molar-refractivity contribution in [2.24, 2.45) is 0 Å². The first kappa shape index (κ1) is 11.9. The lowest BCUT2D eigenvalue weighted by Gasteiger charge is -1.97. The number of hydrogen-bond donors (Lipinski definition) is 1. The van der Waals surface area contributed by atoms with Crippen LogP contribution in [0.1, 0.15) is 35.9 Å². The van der Waals surface area contributed by atoms with Gasteiger partial charge in [0, 0.05) is 6.42 Å². The summed E-state index contributed by atoms with van der Waals surface area (Å²) in [5.41, 5.74) is 0.936. The number of nitrogens with one attached hydrogen (secondary N) is 1. The van der Waals surface area contributed by atoms with Crippen LogP contribution in [0.25, 0.3) is 0 Å². The fraction of sp³-hybridized carbons (Fsp3) is 0.500. The summed E-state index contributed by atoms with van der Waals surface area (Å²) < 4.78 is 10.9. The van der Waals surface area contributed by atoms with E-state index in [1.807, 2.05) is 20.8 Å². The highest BCUT2D eigenvalue weighted by Crippen LogP contribution is 2.08. The summed E-state index contributed by atoms with van der Waals surface area (Å²) in [6, 6.07) is 0. The van der Waals surface area contributed by atoms with Gasteiger partial charge in [0.15, 0.2) is 0 Å². The zero-order valence-electron chi connectivity index (χ0n) is 10.4. The largest absolute Gasteiger partial charge is 0.444 e. The van der Waals surface area contributed by atoms with Gasteiger partial charge >= 0.3 is 0 Å². The maximum Gasteiger partial charge on any atom is 0.208 e. The van der Waals surface area contributed by atoms with E-state index in [1.54, 1.807) is 6.20 Å². The maximum absolute atomic E-state index is 5.48. The van der Waals surface area contributed by atoms with Crippen molar-refractivity contribution in [2.75, 3.05) is 0 Å². The van der Waals surface area contributed by atoms with Crippen molar-refractivity contribution < 1.29 is 8.83 Å². The third kappa shape index (κ3) is 2.94. The lowest BCUT2D eigenvalue weighted by atomic mass is 10.4. The Morgan fingerprint density at radius 1 is 1.18 bits per heavy atom. The van der Waals surface area contributed by atoms with Gasteiger partial charge in [-0.15, -0.1) is 0 Å². The number of aromatic nitrogens is 2. The third-order valence-electron chi connectivity index (χ3n) is 2.58. The Morgan fingerprint density at radius 2 is 1.94 bits per heavy atom. The molecule has 2 rings (SSSR count). The standard InChI is InChI=1S/C12H17N3O2/c1-4-10-5-14-11(17-10)6-13-7-12-15-8(2)9(3)16-12/h5,13H,4,6-7H2,1-3H3. The zero-order valence-corrected chi connectivity index (χ0v) is 10.4. The molecule has 0 fully saturated rings. The quantitative estimate of drug-likeness (QED) is 0.860. The van der Waals surface area contributed by atoms with E-state index in [9.17, 15) is 0 Å². The number of oxazole rings is 2. The molecule has 5 heteroatoms. The fourth-order valence-electron chi connectivity index (χ4n) is 1.48. The molecule has 0 aromatic carbocycles. The van der Waals surface area contributed by atoms with Gasteiger partial charge in [-0.25, -0.2) is 9.97 Å². The van der Waals surface area contributed by atoms with Crippen LogP contribution in [0.5, 0.6) is 0 Å². The summed E-state index contributed by atoms with van der Waals surface area (Å²) in [6.07, 6.45) is 2.63. The Morgan fingerprint density at radius 3 is 2.53 bits per heavy atom. The van der Waals surface area contributed by atoms with Crippen LogP contribution in [-0.2, 0) is 19.5 Å². The number of rotatable bonds is 5. The van der Waals surface area contributed by atoms with Crippen LogP contribution in [0.15, 0.2) is 15.0 Å². The molecule has 2 aromatic rings. The van der Waals surface area contributed by atoms with Crippen molar-refractivity contribution in [3.63, 3.8) is 0 Å². The van der Waals surface area contributed by atoms with Crippen LogP contribution < -0.4 is 5.32 Å². The Balaban J connectivity index is 1.83. The predicted octanol–water partition coefficient (Wildman–Crippen LogP) is 2.13. The molecule has 0 spiro atoms. The number of aryl methyl sites for hydroxylation is 3. The zero-order chi connectivity index (χ0) is 12.3. The number of hydrogen-bond acceptors (Lipinski definition) is 5. The first-order chi connectivity index (χ1) is 8.19. The summed E-state index contributed by atoms with van der Waals surface area (Å²) in [4.78, 5) is 8.44. The highest BCUT2D eigenvalue weighted by atomic mass is 16.4. The Kier molecular flexibility index (Phi) is 3.58. The third-order valence-corrected chi connectivity index (χ3v) is 2.58. The fourth-order valence-corrected chi connectivity index (χ4v) is 1.48. The van der Waals surface area contributed by atoms with Crippen molar-refractivity contribution in [3.8, 4) is 0 Å². The molecule has 17 heavy (non-hydrogen) atoms. The second-order valence-electron chi connectivity index (χ2n) is 3.93. The average molecular weight is 235 g/mol. The Labute approximate surface area is 100 Å². The van der Waals surface area contributed by atoms with E-state index in [1.165, 1.54) is 0 Å². The highest BCUT2D eigenvalue weighted by Gasteiger charge is 2.06. The minimum atomic E-state index is 0.582. The van der Waals surface area contributed by atoms with Gasteiger partial charge in [0.2, 0.25) is 11.8 Å². The molecule has 0 amide bonds. The molecule has 0 aliphatic heterocycles. The Bertz CT molecular complexity index is 468. The van der Waals surface area contributed by atoms with Crippen LogP contribution >= 0.6 is 0 Å². The van der Waals surface area contributed by atoms with Gasteiger partial charge in [0.25, 0.3) is 0 Å². The van der Waals surface area contributed by atoms with Crippen LogP contribution in [0.2, 0.25) is 0 Å². The molecular formula is C12H17N3O2. The lowest BCUT2D eigenvalue weighted by Crippen LogP contribution is -2.13. The van der Waals surface area contributed by atoms with Gasteiger partial charge in [-0.1, -0.05) is 6.92 Å². The van der Waals surface area contributed by atoms with Gasteiger partial charge < -0.3 is 14.2 Å². The summed E-state index contributed by atoms with van der Waals surface area (Å²) in [5.74, 6) is 3.17. The van der Waals surface area contributed by atoms with E-state index in [2.05, 4.69) is 15.3 Å². The summed E-state index contributed by atoms with van der Waals surface area (Å²) in [6.45, 7) is 7.05. The van der Waals surface area contributed by atoms with Crippen molar-refractivity contribution in [1.82, 2.24) is 15.3 Å². The normalized spacial score (nSPS) is 11.0. The molecule has 5 nitrogen and oxygen atoms in total. The smallest absolute Gasteiger partial charge is 0.208 e. The first-order valence-electron chi connectivity index (χ1n) is 5.76. The molecule has 0 atom stereocenters. The molecule has 0 aliphatic carbocycles. The van der Waals surface area contributed by atoms with E-state index < -0.39 is 0 Å². The van der Waals surface area contributed by atoms with Crippen molar-refractivity contribution in [1.29, 1.82) is 0 Å². The second kappa shape index (κ2) is 5.14. The topological polar surface area (TPSA) is 64.1 Å². The predicted molar refractivity (Wildman–Crippen MR) is 62.4 cm³/mol. The summed E-state index contributed by atoms with van der Waals surface area (Å²) >= 11 is 0. The van der Waals surface area contributed by atoms with Crippen molar-refractivity contribution in [3.05, 3.63) is 35.2 Å². The molecule has 0 unspecified atom stereocenters. The van der Waals surface area contributed by atoms with Gasteiger partial charge in [-0.3, -0.25) is 0 Å². The molecule has 0 saturated carbocycles. The molecule has 0 radical (unpaired) electrons. The minimum absolute atomic E-state index is 0.582. The molecule has 0 saturated heterocycles. The van der Waals surface area contributed by atoms with Crippen LogP contribution in [0.3, 0.4) is 0 Å². The SMILES string of the molecule is CCc1cnc(CNCc2nc(C)c(C)o2)o1. The summed E-state index contributed by atoms with van der Waals surface area (Å²) in [5, 5.41) is 3.18. The van der Waals surface area contributed by atoms with Gasteiger partial charge in [0.05, 0.1) is 25.0 Å². The first-order valence-corrected chi connectivity index (χ1v) is 5.76. The molecule has 92 valence electrons. The second-order valence-corrected chi connectivity index (χ2v) is 3.93. The molecular weight excluding hydrogens is 218 g/mol. The van der Waals surface area contributed by atoms with Gasteiger partial charge in [-0.2, -0.15) is 0 Å². The lowest BCUT2D eigenvalue weighted by molar-refractivity contribution is 0.413. The van der Waals surface area contributed by atoms with Gasteiger partial charge in [0.1, 0.15) is 11.5 Å². The molecule has 0 aliphatic rings. The van der Waals surface area contributed by atoms with Gasteiger partial charge in [-0.05, 0) is 13.8 Å². The highest BCUT2D eigenvalue weighted by molar-refractivity contribution is 5.05. The molecule has 2 heterocycles. The Hall–Kier alpha value is -1.62. The van der Waals surface area contributed by atoms with E-state index in [4.69, 9.17) is 8.83 Å². The van der Waals surface area contributed by atoms with Crippen molar-refractivity contribution in [2.45, 2.75) is 40.3 Å². The molecule has 1 N–H and O–H groups in total. The van der Waals surface area contributed by atoms with Crippen LogP contribution in [-0.4, -0.2) is 9.97 Å². The maximum atomic E-state index is 5.48. The van der Waals surface area contributed by atoms with E-state index >= 15 is 0 Å². The number of nitrogens with zero attached hydrogens (tertiary/aromatic N) is 2. The molecule has 0 bridgehead atoms. The van der Waals surface area contributed by atoms with E-state index in [0.29, 0.717) is 24.9 Å². The van der Waals surface area contributed by atoms with Crippen molar-refractivity contribution >= 4 is 0 Å². The van der Waals surface area contributed by atoms with E-state index in [-0.39, 0.29) is 0 Å². The molecule has 2 aromatic heterocycles. The van der Waals surface area contributed by atoms with Crippen LogP contribution in [0.4, 0.5) is 0 Å².